The van der Waals surface area contributed by atoms with Crippen molar-refractivity contribution in [2.24, 2.45) is 0 Å². The van der Waals surface area contributed by atoms with Gasteiger partial charge < -0.3 is 5.32 Å². The molecular weight excluding hydrogens is 280 g/mol. The third kappa shape index (κ3) is 3.74. The van der Waals surface area contributed by atoms with E-state index in [2.05, 4.69) is 20.5 Å². The SMILES string of the molecule is CSc1ccccc1NC(=O)C(C)Sc1ncn[nH]1. The number of carbonyl (C=O) groups is 1. The Morgan fingerprint density at radius 3 is 2.89 bits per heavy atom. The molecule has 0 fully saturated rings. The van der Waals surface area contributed by atoms with Crippen molar-refractivity contribution < 1.29 is 4.79 Å². The summed E-state index contributed by atoms with van der Waals surface area (Å²) in [6.45, 7) is 1.84. The summed E-state index contributed by atoms with van der Waals surface area (Å²) in [5.41, 5.74) is 0.838. The third-order valence-electron chi connectivity index (χ3n) is 2.42. The minimum absolute atomic E-state index is 0.0529. The second-order valence-electron chi connectivity index (χ2n) is 3.74. The third-order valence-corrected chi connectivity index (χ3v) is 4.20. The molecule has 19 heavy (non-hydrogen) atoms. The van der Waals surface area contributed by atoms with Crippen LogP contribution in [0.25, 0.3) is 0 Å². The summed E-state index contributed by atoms with van der Waals surface area (Å²) >= 11 is 2.95. The summed E-state index contributed by atoms with van der Waals surface area (Å²) in [7, 11) is 0. The number of nitrogens with zero attached hydrogens (tertiary/aromatic N) is 2. The zero-order valence-corrected chi connectivity index (χ0v) is 12.2. The molecule has 1 atom stereocenters. The molecule has 0 saturated carbocycles. The van der Waals surface area contributed by atoms with Crippen molar-refractivity contribution in [1.82, 2.24) is 15.2 Å². The van der Waals surface area contributed by atoms with E-state index in [9.17, 15) is 4.79 Å². The van der Waals surface area contributed by atoms with Gasteiger partial charge in [-0.05, 0) is 25.3 Å². The highest BCUT2D eigenvalue weighted by atomic mass is 32.2. The first-order valence-corrected chi connectivity index (χ1v) is 7.77. The minimum atomic E-state index is -0.247. The van der Waals surface area contributed by atoms with Crippen molar-refractivity contribution in [3.63, 3.8) is 0 Å². The number of aromatic nitrogens is 3. The Kier molecular flexibility index (Phi) is 4.86. The summed E-state index contributed by atoms with van der Waals surface area (Å²) in [4.78, 5) is 17.1. The van der Waals surface area contributed by atoms with Crippen LogP contribution in [-0.2, 0) is 4.79 Å². The molecule has 1 amide bonds. The number of para-hydroxylation sites is 1. The van der Waals surface area contributed by atoms with Crippen LogP contribution in [0.15, 0.2) is 40.6 Å². The zero-order valence-electron chi connectivity index (χ0n) is 10.6. The number of anilines is 1. The van der Waals surface area contributed by atoms with E-state index in [1.165, 1.54) is 18.1 Å². The van der Waals surface area contributed by atoms with Crippen molar-refractivity contribution in [3.05, 3.63) is 30.6 Å². The second kappa shape index (κ2) is 6.63. The van der Waals surface area contributed by atoms with Crippen LogP contribution in [0.1, 0.15) is 6.92 Å². The van der Waals surface area contributed by atoms with Gasteiger partial charge in [0.25, 0.3) is 0 Å². The maximum absolute atomic E-state index is 12.1. The highest BCUT2D eigenvalue weighted by molar-refractivity contribution is 8.00. The molecule has 0 radical (unpaired) electrons. The summed E-state index contributed by atoms with van der Waals surface area (Å²) in [5, 5.41) is 9.80. The summed E-state index contributed by atoms with van der Waals surface area (Å²) in [5.74, 6) is -0.0529. The number of rotatable bonds is 5. The van der Waals surface area contributed by atoms with Crippen molar-refractivity contribution in [3.8, 4) is 0 Å². The lowest BCUT2D eigenvalue weighted by atomic mass is 10.3. The Labute approximate surface area is 120 Å². The average molecular weight is 294 g/mol. The van der Waals surface area contributed by atoms with Gasteiger partial charge in [-0.3, -0.25) is 9.89 Å². The predicted octanol–water partition coefficient (Wildman–Crippen LogP) is 2.65. The molecule has 0 aliphatic heterocycles. The highest BCUT2D eigenvalue weighted by Crippen LogP contribution is 2.26. The van der Waals surface area contributed by atoms with E-state index >= 15 is 0 Å². The first kappa shape index (κ1) is 14.0. The number of aromatic amines is 1. The molecule has 2 N–H and O–H groups in total. The van der Waals surface area contributed by atoms with Crippen LogP contribution in [0.3, 0.4) is 0 Å². The number of nitrogens with one attached hydrogen (secondary N) is 2. The van der Waals surface area contributed by atoms with Gasteiger partial charge in [0.1, 0.15) is 6.33 Å². The Morgan fingerprint density at radius 2 is 2.21 bits per heavy atom. The number of benzene rings is 1. The molecule has 1 aromatic heterocycles. The fraction of sp³-hybridized carbons (Fsp3) is 0.250. The molecule has 100 valence electrons. The van der Waals surface area contributed by atoms with Gasteiger partial charge in [0.05, 0.1) is 10.9 Å². The van der Waals surface area contributed by atoms with Gasteiger partial charge in [0.15, 0.2) is 5.16 Å². The van der Waals surface area contributed by atoms with Crippen LogP contribution in [-0.4, -0.2) is 32.6 Å². The Morgan fingerprint density at radius 1 is 1.42 bits per heavy atom. The standard InChI is InChI=1S/C12H14N4OS2/c1-8(19-12-13-7-14-16-12)11(17)15-9-5-3-4-6-10(9)18-2/h3-8H,1-2H3,(H,15,17)(H,13,14,16). The number of H-pyrrole nitrogens is 1. The maximum atomic E-state index is 12.1. The number of amides is 1. The van der Waals surface area contributed by atoms with Crippen LogP contribution in [0.5, 0.6) is 0 Å². The van der Waals surface area contributed by atoms with Crippen molar-refractivity contribution in [1.29, 1.82) is 0 Å². The van der Waals surface area contributed by atoms with Gasteiger partial charge in [-0.2, -0.15) is 5.10 Å². The topological polar surface area (TPSA) is 70.7 Å². The van der Waals surface area contributed by atoms with Gasteiger partial charge in [0, 0.05) is 4.90 Å². The molecule has 1 heterocycles. The van der Waals surface area contributed by atoms with Gasteiger partial charge >= 0.3 is 0 Å². The van der Waals surface area contributed by atoms with Gasteiger partial charge in [0.2, 0.25) is 5.91 Å². The molecular formula is C12H14N4OS2. The minimum Gasteiger partial charge on any atom is -0.324 e. The lowest BCUT2D eigenvalue weighted by Gasteiger charge is -2.12. The normalized spacial score (nSPS) is 12.1. The van der Waals surface area contributed by atoms with Crippen molar-refractivity contribution in [2.45, 2.75) is 22.2 Å². The fourth-order valence-corrected chi connectivity index (χ4v) is 2.72. The van der Waals surface area contributed by atoms with Crippen LogP contribution in [0.2, 0.25) is 0 Å². The molecule has 2 aromatic rings. The van der Waals surface area contributed by atoms with Crippen LogP contribution >= 0.6 is 23.5 Å². The number of hydrogen-bond acceptors (Lipinski definition) is 5. The summed E-state index contributed by atoms with van der Waals surface area (Å²) in [6, 6.07) is 7.74. The Bertz CT molecular complexity index is 544. The first-order chi connectivity index (χ1) is 9.20. The lowest BCUT2D eigenvalue weighted by Crippen LogP contribution is -2.22. The number of hydrogen-bond donors (Lipinski definition) is 2. The molecule has 1 aromatic carbocycles. The van der Waals surface area contributed by atoms with Crippen LogP contribution in [0, 0.1) is 0 Å². The number of thioether (sulfide) groups is 2. The molecule has 0 saturated heterocycles. The molecule has 1 unspecified atom stereocenters. The molecule has 0 bridgehead atoms. The monoisotopic (exact) mass is 294 g/mol. The maximum Gasteiger partial charge on any atom is 0.237 e. The number of carbonyl (C=O) groups excluding carboxylic acids is 1. The molecule has 0 spiro atoms. The van der Waals surface area contributed by atoms with E-state index < -0.39 is 0 Å². The van der Waals surface area contributed by atoms with Crippen LogP contribution in [0.4, 0.5) is 5.69 Å². The van der Waals surface area contributed by atoms with Crippen molar-refractivity contribution in [2.75, 3.05) is 11.6 Å². The molecule has 2 rings (SSSR count). The van der Waals surface area contributed by atoms with Crippen LogP contribution < -0.4 is 5.32 Å². The average Bonchev–Trinajstić information content (AvgIpc) is 2.92. The second-order valence-corrected chi connectivity index (χ2v) is 5.92. The first-order valence-electron chi connectivity index (χ1n) is 5.66. The Balaban J connectivity index is 2.00. The molecule has 7 heteroatoms. The van der Waals surface area contributed by atoms with E-state index in [-0.39, 0.29) is 11.2 Å². The molecule has 0 aliphatic rings. The zero-order chi connectivity index (χ0) is 13.7. The van der Waals surface area contributed by atoms with Crippen molar-refractivity contribution >= 4 is 35.1 Å². The van der Waals surface area contributed by atoms with Gasteiger partial charge in [-0.1, -0.05) is 23.9 Å². The smallest absolute Gasteiger partial charge is 0.237 e. The van der Waals surface area contributed by atoms with E-state index in [0.717, 1.165) is 10.6 Å². The van der Waals surface area contributed by atoms with E-state index in [1.807, 2.05) is 37.4 Å². The highest BCUT2D eigenvalue weighted by Gasteiger charge is 2.16. The largest absolute Gasteiger partial charge is 0.324 e. The predicted molar refractivity (Wildman–Crippen MR) is 78.6 cm³/mol. The van der Waals surface area contributed by atoms with E-state index in [0.29, 0.717) is 5.16 Å². The summed E-state index contributed by atoms with van der Waals surface area (Å²) in [6.07, 6.45) is 3.41. The van der Waals surface area contributed by atoms with E-state index in [4.69, 9.17) is 0 Å². The van der Waals surface area contributed by atoms with Gasteiger partial charge in [-0.15, -0.1) is 11.8 Å². The Hall–Kier alpha value is -1.47. The molecule has 5 nitrogen and oxygen atoms in total. The summed E-state index contributed by atoms with van der Waals surface area (Å²) < 4.78 is 0. The fourth-order valence-electron chi connectivity index (χ4n) is 1.45. The van der Waals surface area contributed by atoms with Gasteiger partial charge in [-0.25, -0.2) is 4.98 Å². The quantitative estimate of drug-likeness (QED) is 0.830. The lowest BCUT2D eigenvalue weighted by molar-refractivity contribution is -0.115. The molecule has 0 aliphatic carbocycles. The van der Waals surface area contributed by atoms with E-state index in [1.54, 1.807) is 11.8 Å².